The maximum atomic E-state index is 13.0. The van der Waals surface area contributed by atoms with Crippen LogP contribution < -0.4 is 4.74 Å². The molecule has 0 unspecified atom stereocenters. The minimum absolute atomic E-state index is 0.432. The average Bonchev–Trinajstić information content (AvgIpc) is 3.16. The molecular formula is C27H22ClN3O3. The van der Waals surface area contributed by atoms with Gasteiger partial charge in [0.05, 0.1) is 42.0 Å². The van der Waals surface area contributed by atoms with Crippen molar-refractivity contribution in [1.29, 1.82) is 0 Å². The van der Waals surface area contributed by atoms with E-state index in [0.29, 0.717) is 33.9 Å². The number of ether oxygens (including phenoxy) is 2. The molecule has 0 spiro atoms. The van der Waals surface area contributed by atoms with Crippen molar-refractivity contribution in [3.8, 4) is 17.0 Å². The highest BCUT2D eigenvalue weighted by atomic mass is 35.5. The van der Waals surface area contributed by atoms with Crippen molar-refractivity contribution in [3.63, 3.8) is 0 Å². The van der Waals surface area contributed by atoms with Crippen LogP contribution in [0.5, 0.6) is 5.75 Å². The van der Waals surface area contributed by atoms with Crippen molar-refractivity contribution >= 4 is 39.5 Å². The second-order valence-corrected chi connectivity index (χ2v) is 8.46. The van der Waals surface area contributed by atoms with E-state index in [2.05, 4.69) is 9.55 Å². The topological polar surface area (TPSA) is 66.2 Å². The number of halogens is 1. The summed E-state index contributed by atoms with van der Waals surface area (Å²) in [6, 6.07) is 19.1. The zero-order valence-corrected chi connectivity index (χ0v) is 19.8. The molecule has 5 aromatic rings. The Morgan fingerprint density at radius 2 is 1.82 bits per heavy atom. The summed E-state index contributed by atoms with van der Waals surface area (Å²) in [5, 5.41) is 1.51. The summed E-state index contributed by atoms with van der Waals surface area (Å²) >= 11 is 6.38. The Kier molecular flexibility index (Phi) is 5.67. The predicted octanol–water partition coefficient (Wildman–Crippen LogP) is 6.06. The van der Waals surface area contributed by atoms with Crippen molar-refractivity contribution in [2.45, 2.75) is 13.5 Å². The van der Waals surface area contributed by atoms with E-state index in [1.165, 1.54) is 7.11 Å². The van der Waals surface area contributed by atoms with Gasteiger partial charge in [-0.3, -0.25) is 4.98 Å². The maximum absolute atomic E-state index is 13.0. The number of esters is 1. The molecule has 0 radical (unpaired) electrons. The first kappa shape index (κ1) is 21.9. The molecule has 34 heavy (non-hydrogen) atoms. The van der Waals surface area contributed by atoms with Crippen molar-refractivity contribution in [2.75, 3.05) is 14.2 Å². The van der Waals surface area contributed by atoms with Gasteiger partial charge in [0.2, 0.25) is 0 Å². The van der Waals surface area contributed by atoms with E-state index in [1.807, 2.05) is 61.5 Å². The van der Waals surface area contributed by atoms with Crippen LogP contribution in [0.25, 0.3) is 33.2 Å². The van der Waals surface area contributed by atoms with Crippen LogP contribution in [0.1, 0.15) is 21.6 Å². The largest absolute Gasteiger partial charge is 0.497 e. The first-order chi connectivity index (χ1) is 16.5. The molecule has 0 aliphatic carbocycles. The van der Waals surface area contributed by atoms with Crippen molar-refractivity contribution < 1.29 is 14.3 Å². The molecule has 0 bridgehead atoms. The first-order valence-corrected chi connectivity index (χ1v) is 11.1. The monoisotopic (exact) mass is 471 g/mol. The molecule has 3 heterocycles. The summed E-state index contributed by atoms with van der Waals surface area (Å²) in [5.41, 5.74) is 6.15. The highest BCUT2D eigenvalue weighted by molar-refractivity contribution is 6.31. The number of pyridine rings is 2. The fourth-order valence-electron chi connectivity index (χ4n) is 4.16. The number of fused-ring (bicyclic) bond motifs is 3. The van der Waals surface area contributed by atoms with E-state index in [-0.39, 0.29) is 0 Å². The van der Waals surface area contributed by atoms with E-state index in [4.69, 9.17) is 26.1 Å². The summed E-state index contributed by atoms with van der Waals surface area (Å²) in [6.07, 6.45) is 1.76. The number of benzene rings is 2. The van der Waals surface area contributed by atoms with Crippen molar-refractivity contribution in [2.24, 2.45) is 0 Å². The predicted molar refractivity (Wildman–Crippen MR) is 134 cm³/mol. The van der Waals surface area contributed by atoms with Gasteiger partial charge < -0.3 is 14.0 Å². The van der Waals surface area contributed by atoms with Gasteiger partial charge in [0, 0.05) is 34.4 Å². The third kappa shape index (κ3) is 3.86. The molecule has 5 rings (SSSR count). The fraction of sp³-hybridized carbons (Fsp3) is 0.148. The molecule has 0 aliphatic rings. The number of carbonyl (C=O) groups excluding carboxylic acids is 1. The standard InChI is InChI=1S/C27H22ClN3O3/c1-16-4-7-18(14-29-16)23-13-22(27(32)34-3)26-25(30-23)21-11-8-19(28)12-24(21)31(26)15-17-5-9-20(33-2)10-6-17/h4-14H,15H2,1-3H3. The van der Waals surface area contributed by atoms with E-state index < -0.39 is 5.97 Å². The highest BCUT2D eigenvalue weighted by Gasteiger charge is 2.22. The number of rotatable bonds is 5. The second kappa shape index (κ2) is 8.80. The lowest BCUT2D eigenvalue weighted by molar-refractivity contribution is 0.0602. The lowest BCUT2D eigenvalue weighted by Crippen LogP contribution is -2.08. The van der Waals surface area contributed by atoms with Gasteiger partial charge >= 0.3 is 5.97 Å². The van der Waals surface area contributed by atoms with E-state index in [9.17, 15) is 4.79 Å². The molecule has 0 atom stereocenters. The van der Waals surface area contributed by atoms with Gasteiger partial charge in [-0.25, -0.2) is 9.78 Å². The van der Waals surface area contributed by atoms with Gasteiger partial charge in [0.25, 0.3) is 0 Å². The summed E-state index contributed by atoms with van der Waals surface area (Å²) in [7, 11) is 3.02. The molecule has 7 heteroatoms. The second-order valence-electron chi connectivity index (χ2n) is 8.03. The Hall–Kier alpha value is -3.90. The van der Waals surface area contributed by atoms with Gasteiger partial charge in [0.15, 0.2) is 0 Å². The van der Waals surface area contributed by atoms with Crippen LogP contribution >= 0.6 is 11.6 Å². The third-order valence-electron chi connectivity index (χ3n) is 5.88. The molecule has 0 N–H and O–H groups in total. The van der Waals surface area contributed by atoms with E-state index >= 15 is 0 Å². The summed E-state index contributed by atoms with van der Waals surface area (Å²) < 4.78 is 12.5. The van der Waals surface area contributed by atoms with Crippen LogP contribution in [-0.2, 0) is 11.3 Å². The Labute approximate surface area is 201 Å². The smallest absolute Gasteiger partial charge is 0.340 e. The van der Waals surface area contributed by atoms with Gasteiger partial charge in [-0.05, 0) is 61.0 Å². The number of hydrogen-bond acceptors (Lipinski definition) is 5. The van der Waals surface area contributed by atoms with Crippen LogP contribution in [0, 0.1) is 6.92 Å². The fourth-order valence-corrected chi connectivity index (χ4v) is 4.32. The Morgan fingerprint density at radius 3 is 2.50 bits per heavy atom. The maximum Gasteiger partial charge on any atom is 0.340 e. The zero-order chi connectivity index (χ0) is 23.8. The molecular weight excluding hydrogens is 450 g/mol. The van der Waals surface area contributed by atoms with Gasteiger partial charge in [-0.15, -0.1) is 0 Å². The normalized spacial score (nSPS) is 11.2. The quantitative estimate of drug-likeness (QED) is 0.291. The Balaban J connectivity index is 1.81. The molecule has 2 aromatic carbocycles. The Bertz CT molecular complexity index is 1520. The Morgan fingerprint density at radius 1 is 1.03 bits per heavy atom. The summed E-state index contributed by atoms with van der Waals surface area (Å²) in [6.45, 7) is 2.44. The molecule has 0 amide bonds. The van der Waals surface area contributed by atoms with E-state index in [1.54, 1.807) is 19.4 Å². The number of hydrogen-bond donors (Lipinski definition) is 0. The third-order valence-corrected chi connectivity index (χ3v) is 6.12. The number of methoxy groups -OCH3 is 2. The lowest BCUT2D eigenvalue weighted by atomic mass is 10.1. The summed E-state index contributed by atoms with van der Waals surface area (Å²) in [5.74, 6) is 0.348. The number of aromatic nitrogens is 3. The van der Waals surface area contributed by atoms with Gasteiger partial charge in [-0.2, -0.15) is 0 Å². The van der Waals surface area contributed by atoms with Crippen LogP contribution in [0.4, 0.5) is 0 Å². The van der Waals surface area contributed by atoms with Gasteiger partial charge in [0.1, 0.15) is 5.75 Å². The number of aryl methyl sites for hydroxylation is 1. The molecule has 0 saturated heterocycles. The number of carbonyl (C=O) groups is 1. The molecule has 170 valence electrons. The molecule has 0 aliphatic heterocycles. The first-order valence-electron chi connectivity index (χ1n) is 10.7. The van der Waals surface area contributed by atoms with Crippen LogP contribution in [0.15, 0.2) is 66.9 Å². The lowest BCUT2D eigenvalue weighted by Gasteiger charge is -2.12. The van der Waals surface area contributed by atoms with Gasteiger partial charge in [-0.1, -0.05) is 23.7 Å². The average molecular weight is 472 g/mol. The minimum Gasteiger partial charge on any atom is -0.497 e. The molecule has 3 aromatic heterocycles. The van der Waals surface area contributed by atoms with Crippen molar-refractivity contribution in [1.82, 2.24) is 14.5 Å². The molecule has 0 saturated carbocycles. The van der Waals surface area contributed by atoms with Crippen LogP contribution in [0.2, 0.25) is 5.02 Å². The van der Waals surface area contributed by atoms with Crippen LogP contribution in [0.3, 0.4) is 0 Å². The molecule has 6 nitrogen and oxygen atoms in total. The molecule has 0 fully saturated rings. The van der Waals surface area contributed by atoms with E-state index in [0.717, 1.165) is 33.5 Å². The van der Waals surface area contributed by atoms with Crippen LogP contribution in [-0.4, -0.2) is 34.7 Å². The highest BCUT2D eigenvalue weighted by Crippen LogP contribution is 2.35. The number of nitrogens with zero attached hydrogens (tertiary/aromatic N) is 3. The SMILES string of the molecule is COC(=O)c1cc(-c2ccc(C)nc2)nc2c3ccc(Cl)cc3n(Cc3ccc(OC)cc3)c12. The minimum atomic E-state index is -0.432. The van der Waals surface area contributed by atoms with Crippen molar-refractivity contribution in [3.05, 3.63) is 88.7 Å². The zero-order valence-electron chi connectivity index (χ0n) is 19.0. The summed E-state index contributed by atoms with van der Waals surface area (Å²) in [4.78, 5) is 22.3.